The molecule has 0 unspecified atom stereocenters. The molecular formula is C19H20ClN3O2. The standard InChI is InChI=1S/C19H20ClN3O2/c1-12(16-11-14(20)9-10-17(16)24)21-18-13(2)22(3)23(19(18)25)15-7-5-4-6-8-15/h4-12,21,24H,1-3H3/t12-/m0/s1. The van der Waals surface area contributed by atoms with Gasteiger partial charge < -0.3 is 10.4 Å². The minimum absolute atomic E-state index is 0.139. The highest BCUT2D eigenvalue weighted by molar-refractivity contribution is 6.30. The van der Waals surface area contributed by atoms with Gasteiger partial charge in [-0.3, -0.25) is 9.48 Å². The van der Waals surface area contributed by atoms with Gasteiger partial charge in [-0.15, -0.1) is 0 Å². The first kappa shape index (κ1) is 17.2. The largest absolute Gasteiger partial charge is 0.508 e. The quantitative estimate of drug-likeness (QED) is 0.741. The molecule has 1 aromatic heterocycles. The van der Waals surface area contributed by atoms with Crippen molar-refractivity contribution in [1.29, 1.82) is 0 Å². The topological polar surface area (TPSA) is 59.2 Å². The Morgan fingerprint density at radius 1 is 1.16 bits per heavy atom. The van der Waals surface area contributed by atoms with Gasteiger partial charge in [-0.2, -0.15) is 0 Å². The number of para-hydroxylation sites is 1. The third-order valence-electron chi connectivity index (χ3n) is 4.37. The Kier molecular flexibility index (Phi) is 4.59. The normalized spacial score (nSPS) is 12.2. The second kappa shape index (κ2) is 6.69. The molecule has 2 N–H and O–H groups in total. The van der Waals surface area contributed by atoms with Crippen LogP contribution in [0.5, 0.6) is 5.75 Å². The molecule has 5 nitrogen and oxygen atoms in total. The molecule has 25 heavy (non-hydrogen) atoms. The van der Waals surface area contributed by atoms with Gasteiger partial charge in [0.25, 0.3) is 5.56 Å². The Morgan fingerprint density at radius 2 is 1.84 bits per heavy atom. The molecule has 0 saturated carbocycles. The molecule has 1 atom stereocenters. The molecule has 0 bridgehead atoms. The van der Waals surface area contributed by atoms with E-state index in [9.17, 15) is 9.90 Å². The third-order valence-corrected chi connectivity index (χ3v) is 4.61. The van der Waals surface area contributed by atoms with Gasteiger partial charge in [0, 0.05) is 17.6 Å². The van der Waals surface area contributed by atoms with Crippen LogP contribution in [0.25, 0.3) is 5.69 Å². The summed E-state index contributed by atoms with van der Waals surface area (Å²) in [5, 5.41) is 13.8. The number of benzene rings is 2. The van der Waals surface area contributed by atoms with Crippen LogP contribution >= 0.6 is 11.6 Å². The predicted octanol–water partition coefficient (Wildman–Crippen LogP) is 4.02. The highest BCUT2D eigenvalue weighted by Gasteiger charge is 2.19. The van der Waals surface area contributed by atoms with Gasteiger partial charge in [0.1, 0.15) is 11.4 Å². The Hall–Kier alpha value is -2.66. The molecule has 130 valence electrons. The van der Waals surface area contributed by atoms with Gasteiger partial charge >= 0.3 is 0 Å². The summed E-state index contributed by atoms with van der Waals surface area (Å²) in [4.78, 5) is 12.9. The zero-order valence-electron chi connectivity index (χ0n) is 14.3. The van der Waals surface area contributed by atoms with Crippen molar-refractivity contribution in [2.24, 2.45) is 7.05 Å². The zero-order chi connectivity index (χ0) is 18.1. The van der Waals surface area contributed by atoms with E-state index in [4.69, 9.17) is 11.6 Å². The smallest absolute Gasteiger partial charge is 0.295 e. The van der Waals surface area contributed by atoms with E-state index in [1.165, 1.54) is 0 Å². The molecule has 6 heteroatoms. The number of nitrogens with one attached hydrogen (secondary N) is 1. The highest BCUT2D eigenvalue weighted by Crippen LogP contribution is 2.29. The van der Waals surface area contributed by atoms with E-state index in [2.05, 4.69) is 5.32 Å². The summed E-state index contributed by atoms with van der Waals surface area (Å²) in [6.45, 7) is 3.76. The number of hydrogen-bond donors (Lipinski definition) is 2. The molecule has 3 rings (SSSR count). The van der Waals surface area contributed by atoms with Crippen LogP contribution in [0.1, 0.15) is 24.2 Å². The summed E-state index contributed by atoms with van der Waals surface area (Å²) in [6, 6.07) is 14.1. The van der Waals surface area contributed by atoms with Crippen molar-refractivity contribution in [1.82, 2.24) is 9.36 Å². The van der Waals surface area contributed by atoms with Crippen molar-refractivity contribution in [3.8, 4) is 11.4 Å². The van der Waals surface area contributed by atoms with Crippen molar-refractivity contribution in [2.45, 2.75) is 19.9 Å². The summed E-state index contributed by atoms with van der Waals surface area (Å²) in [5.41, 5.74) is 2.60. The zero-order valence-corrected chi connectivity index (χ0v) is 15.1. The number of phenolic OH excluding ortho intramolecular Hbond substituents is 1. The Balaban J connectivity index is 2.02. The van der Waals surface area contributed by atoms with Crippen LogP contribution in [0.3, 0.4) is 0 Å². The Morgan fingerprint density at radius 3 is 2.52 bits per heavy atom. The van der Waals surface area contributed by atoms with E-state index < -0.39 is 0 Å². The lowest BCUT2D eigenvalue weighted by molar-refractivity contribution is 0.465. The summed E-state index contributed by atoms with van der Waals surface area (Å²) < 4.78 is 3.42. The average Bonchev–Trinajstić information content (AvgIpc) is 2.81. The minimum Gasteiger partial charge on any atom is -0.508 e. The van der Waals surface area contributed by atoms with Gasteiger partial charge in [-0.1, -0.05) is 29.8 Å². The minimum atomic E-state index is -0.281. The number of aromatic nitrogens is 2. The van der Waals surface area contributed by atoms with Crippen molar-refractivity contribution in [2.75, 3.05) is 5.32 Å². The van der Waals surface area contributed by atoms with Crippen molar-refractivity contribution in [3.63, 3.8) is 0 Å². The van der Waals surface area contributed by atoms with Gasteiger partial charge in [-0.25, -0.2) is 4.68 Å². The van der Waals surface area contributed by atoms with Gasteiger partial charge in [-0.05, 0) is 44.2 Å². The van der Waals surface area contributed by atoms with Crippen LogP contribution in [-0.4, -0.2) is 14.5 Å². The second-order valence-corrected chi connectivity index (χ2v) is 6.44. The Bertz CT molecular complexity index is 961. The monoisotopic (exact) mass is 357 g/mol. The molecular weight excluding hydrogens is 338 g/mol. The average molecular weight is 358 g/mol. The molecule has 0 radical (unpaired) electrons. The molecule has 0 aliphatic rings. The van der Waals surface area contributed by atoms with Crippen molar-refractivity contribution >= 4 is 17.3 Å². The molecule has 2 aromatic carbocycles. The summed E-state index contributed by atoms with van der Waals surface area (Å²) >= 11 is 6.03. The van der Waals surface area contributed by atoms with Crippen LogP contribution in [0, 0.1) is 6.92 Å². The fraction of sp³-hybridized carbons (Fsp3) is 0.211. The number of phenols is 1. The van der Waals surface area contributed by atoms with Crippen LogP contribution in [-0.2, 0) is 7.05 Å². The van der Waals surface area contributed by atoms with E-state index in [1.807, 2.05) is 55.9 Å². The summed E-state index contributed by atoms with van der Waals surface area (Å²) in [6.07, 6.45) is 0. The van der Waals surface area contributed by atoms with Gasteiger partial charge in [0.15, 0.2) is 0 Å². The molecule has 0 spiro atoms. The molecule has 3 aromatic rings. The first-order valence-corrected chi connectivity index (χ1v) is 8.37. The molecule has 0 saturated heterocycles. The summed E-state index contributed by atoms with van der Waals surface area (Å²) in [7, 11) is 1.84. The lowest BCUT2D eigenvalue weighted by atomic mass is 10.1. The van der Waals surface area contributed by atoms with E-state index in [0.29, 0.717) is 16.3 Å². The van der Waals surface area contributed by atoms with E-state index in [-0.39, 0.29) is 17.4 Å². The predicted molar refractivity (Wildman–Crippen MR) is 101 cm³/mol. The number of aromatic hydroxyl groups is 1. The fourth-order valence-electron chi connectivity index (χ4n) is 2.90. The van der Waals surface area contributed by atoms with Crippen LogP contribution in [0.15, 0.2) is 53.3 Å². The first-order chi connectivity index (χ1) is 11.9. The number of anilines is 1. The third kappa shape index (κ3) is 3.15. The molecule has 0 aliphatic carbocycles. The Labute approximate surface area is 151 Å². The SMILES string of the molecule is Cc1c(N[C@@H](C)c2cc(Cl)ccc2O)c(=O)n(-c2ccccc2)n1C. The maximum atomic E-state index is 12.9. The van der Waals surface area contributed by atoms with Crippen molar-refractivity contribution < 1.29 is 5.11 Å². The van der Waals surface area contributed by atoms with Crippen LogP contribution in [0.4, 0.5) is 5.69 Å². The maximum Gasteiger partial charge on any atom is 0.295 e. The van der Waals surface area contributed by atoms with Gasteiger partial charge in [0.05, 0.1) is 17.4 Å². The van der Waals surface area contributed by atoms with E-state index in [1.54, 1.807) is 22.9 Å². The lowest BCUT2D eigenvalue weighted by Crippen LogP contribution is -2.21. The van der Waals surface area contributed by atoms with Gasteiger partial charge in [0.2, 0.25) is 0 Å². The number of nitrogens with zero attached hydrogens (tertiary/aromatic N) is 2. The molecule has 0 aliphatic heterocycles. The van der Waals surface area contributed by atoms with Crippen molar-refractivity contribution in [3.05, 3.63) is 75.2 Å². The number of rotatable bonds is 4. The van der Waals surface area contributed by atoms with Crippen LogP contribution in [0.2, 0.25) is 5.02 Å². The lowest BCUT2D eigenvalue weighted by Gasteiger charge is -2.16. The molecule has 1 heterocycles. The van der Waals surface area contributed by atoms with Crippen LogP contribution < -0.4 is 10.9 Å². The fourth-order valence-corrected chi connectivity index (χ4v) is 3.08. The maximum absolute atomic E-state index is 12.9. The molecule has 0 amide bonds. The second-order valence-electron chi connectivity index (χ2n) is 6.01. The molecule has 0 fully saturated rings. The number of halogens is 1. The summed E-state index contributed by atoms with van der Waals surface area (Å²) in [5.74, 6) is 0.140. The van der Waals surface area contributed by atoms with E-state index in [0.717, 1.165) is 11.4 Å². The highest BCUT2D eigenvalue weighted by atomic mass is 35.5. The van der Waals surface area contributed by atoms with E-state index >= 15 is 0 Å². The first-order valence-electron chi connectivity index (χ1n) is 7.99. The number of hydrogen-bond acceptors (Lipinski definition) is 3.